The molecule has 0 atom stereocenters. The van der Waals surface area contributed by atoms with Gasteiger partial charge in [0.2, 0.25) is 0 Å². The summed E-state index contributed by atoms with van der Waals surface area (Å²) in [7, 11) is 8.34. The Morgan fingerprint density at radius 3 is 1.44 bits per heavy atom. The van der Waals surface area contributed by atoms with Crippen molar-refractivity contribution in [3.8, 4) is 39.1 Å². The van der Waals surface area contributed by atoms with E-state index in [1.54, 1.807) is 0 Å². The van der Waals surface area contributed by atoms with Crippen LogP contribution in [0.1, 0.15) is 20.8 Å². The Balaban J connectivity index is 1.68. The van der Waals surface area contributed by atoms with Crippen LogP contribution in [0.5, 0.6) is 5.75 Å². The van der Waals surface area contributed by atoms with Crippen LogP contribution < -0.4 is 14.5 Å². The van der Waals surface area contributed by atoms with Crippen molar-refractivity contribution >= 4 is 32.9 Å². The molecule has 0 saturated carbocycles. The Labute approximate surface area is 256 Å². The van der Waals surface area contributed by atoms with Crippen LogP contribution in [-0.4, -0.2) is 33.8 Å². The molecule has 216 valence electrons. The Kier molecular flexibility index (Phi) is 7.35. The van der Waals surface area contributed by atoms with Crippen molar-refractivity contribution in [1.29, 1.82) is 0 Å². The highest BCUT2D eigenvalue weighted by Crippen LogP contribution is 2.47. The van der Waals surface area contributed by atoms with E-state index in [0.29, 0.717) is 0 Å². The summed E-state index contributed by atoms with van der Waals surface area (Å²) in [4.78, 5) is 4.29. The van der Waals surface area contributed by atoms with Crippen LogP contribution in [0, 0.1) is 0 Å². The molecular weight excluding hydrogens is 524 g/mol. The van der Waals surface area contributed by atoms with Crippen molar-refractivity contribution in [2.45, 2.75) is 26.4 Å². The summed E-state index contributed by atoms with van der Waals surface area (Å²) in [5.41, 5.74) is 9.45. The van der Waals surface area contributed by atoms with Crippen molar-refractivity contribution in [2.24, 2.45) is 0 Å². The van der Waals surface area contributed by atoms with E-state index in [4.69, 9.17) is 4.74 Å². The predicted octanol–water partition coefficient (Wildman–Crippen LogP) is 10.3. The van der Waals surface area contributed by atoms with Crippen LogP contribution in [0.3, 0.4) is 0 Å². The maximum Gasteiger partial charge on any atom is 0.120 e. The van der Waals surface area contributed by atoms with Crippen LogP contribution in [0.2, 0.25) is 0 Å². The highest BCUT2D eigenvalue weighted by molar-refractivity contribution is 6.24. The van der Waals surface area contributed by atoms with Gasteiger partial charge in [-0.3, -0.25) is 0 Å². The van der Waals surface area contributed by atoms with E-state index in [9.17, 15) is 0 Å². The van der Waals surface area contributed by atoms with Crippen molar-refractivity contribution in [1.82, 2.24) is 0 Å². The molecule has 0 fully saturated rings. The lowest BCUT2D eigenvalue weighted by Gasteiger charge is -2.22. The summed E-state index contributed by atoms with van der Waals surface area (Å²) in [6.07, 6.45) is 0. The van der Waals surface area contributed by atoms with Gasteiger partial charge in [-0.2, -0.15) is 0 Å². The van der Waals surface area contributed by atoms with Crippen LogP contribution in [-0.2, 0) is 0 Å². The lowest BCUT2D eigenvalue weighted by molar-refractivity contribution is 0.131. The fourth-order valence-electron chi connectivity index (χ4n) is 5.99. The molecule has 0 amide bonds. The SMILES string of the molecule is CN(C)c1ccc(-c2c3ccccc3c(-c3ccc(N(C)C)cc3)c3c(-c4ccc(OC(C)(C)C)cc4)cccc23)cc1. The molecule has 0 unspecified atom stereocenters. The second kappa shape index (κ2) is 11.1. The zero-order valence-electron chi connectivity index (χ0n) is 26.3. The molecule has 0 N–H and O–H groups in total. The van der Waals surface area contributed by atoms with E-state index in [1.807, 2.05) is 0 Å². The first-order valence-electron chi connectivity index (χ1n) is 14.9. The summed E-state index contributed by atoms with van der Waals surface area (Å²) in [6, 6.07) is 42.1. The first kappa shape index (κ1) is 28.4. The zero-order valence-corrected chi connectivity index (χ0v) is 26.3. The van der Waals surface area contributed by atoms with Gasteiger partial charge >= 0.3 is 0 Å². The van der Waals surface area contributed by atoms with Crippen LogP contribution in [0.25, 0.3) is 54.9 Å². The highest BCUT2D eigenvalue weighted by atomic mass is 16.5. The highest BCUT2D eigenvalue weighted by Gasteiger charge is 2.20. The van der Waals surface area contributed by atoms with E-state index >= 15 is 0 Å². The fourth-order valence-corrected chi connectivity index (χ4v) is 5.99. The number of hydrogen-bond donors (Lipinski definition) is 0. The molecule has 3 heteroatoms. The summed E-state index contributed by atoms with van der Waals surface area (Å²) in [6.45, 7) is 6.24. The standard InChI is InChI=1S/C40H40N2O/c1-40(2,3)43-32-25-19-27(20-26-32)33-13-10-14-36-37(28-15-21-30(22-16-28)41(4)5)34-11-8-9-12-35(34)38(39(33)36)29-17-23-31(24-18-29)42(6)7/h8-26H,1-7H3. The molecule has 43 heavy (non-hydrogen) atoms. The van der Waals surface area contributed by atoms with E-state index in [0.717, 1.165) is 5.75 Å². The van der Waals surface area contributed by atoms with Crippen molar-refractivity contribution in [2.75, 3.05) is 38.0 Å². The molecule has 0 saturated heterocycles. The second-order valence-electron chi connectivity index (χ2n) is 12.6. The number of rotatable bonds is 6. The van der Waals surface area contributed by atoms with E-state index in [-0.39, 0.29) is 5.60 Å². The van der Waals surface area contributed by atoms with Gasteiger partial charge < -0.3 is 14.5 Å². The van der Waals surface area contributed by atoms with Gasteiger partial charge in [-0.15, -0.1) is 0 Å². The lowest BCUT2D eigenvalue weighted by Crippen LogP contribution is -2.22. The number of benzene rings is 6. The number of nitrogens with zero attached hydrogens (tertiary/aromatic N) is 2. The quantitative estimate of drug-likeness (QED) is 0.187. The van der Waals surface area contributed by atoms with E-state index in [1.165, 1.54) is 66.3 Å². The van der Waals surface area contributed by atoms with Crippen LogP contribution >= 0.6 is 0 Å². The average molecular weight is 565 g/mol. The molecule has 0 bridgehead atoms. The minimum atomic E-state index is -0.247. The molecule has 3 nitrogen and oxygen atoms in total. The molecule has 0 radical (unpaired) electrons. The monoisotopic (exact) mass is 564 g/mol. The molecule has 0 spiro atoms. The van der Waals surface area contributed by atoms with Crippen molar-refractivity contribution < 1.29 is 4.74 Å². The minimum absolute atomic E-state index is 0.247. The molecular formula is C40H40N2O. The maximum atomic E-state index is 6.16. The summed E-state index contributed by atoms with van der Waals surface area (Å²) in [5.74, 6) is 0.878. The van der Waals surface area contributed by atoms with Gasteiger partial charge in [0.05, 0.1) is 0 Å². The third-order valence-corrected chi connectivity index (χ3v) is 7.98. The van der Waals surface area contributed by atoms with E-state index < -0.39 is 0 Å². The second-order valence-corrected chi connectivity index (χ2v) is 12.6. The van der Waals surface area contributed by atoms with Crippen LogP contribution in [0.4, 0.5) is 11.4 Å². The first-order chi connectivity index (χ1) is 20.6. The van der Waals surface area contributed by atoms with Gasteiger partial charge in [0.15, 0.2) is 0 Å². The number of hydrogen-bond acceptors (Lipinski definition) is 3. The Bertz CT molecular complexity index is 1890. The summed E-state index contributed by atoms with van der Waals surface area (Å²) < 4.78 is 6.16. The van der Waals surface area contributed by atoms with Gasteiger partial charge in [0.1, 0.15) is 11.4 Å². The Hall–Kier alpha value is -4.76. The van der Waals surface area contributed by atoms with Gasteiger partial charge in [-0.25, -0.2) is 0 Å². The molecule has 6 aromatic rings. The maximum absolute atomic E-state index is 6.16. The van der Waals surface area contributed by atoms with Crippen molar-refractivity contribution in [3.05, 3.63) is 115 Å². The molecule has 0 aromatic heterocycles. The van der Waals surface area contributed by atoms with Gasteiger partial charge in [-0.1, -0.05) is 78.9 Å². The van der Waals surface area contributed by atoms with Gasteiger partial charge in [-0.05, 0) is 112 Å². The van der Waals surface area contributed by atoms with E-state index in [2.05, 4.69) is 174 Å². The topological polar surface area (TPSA) is 15.7 Å². The zero-order chi connectivity index (χ0) is 30.3. The molecule has 0 heterocycles. The first-order valence-corrected chi connectivity index (χ1v) is 14.9. The third kappa shape index (κ3) is 5.56. The fraction of sp³-hybridized carbons (Fsp3) is 0.200. The normalized spacial score (nSPS) is 11.6. The number of anilines is 2. The number of fused-ring (bicyclic) bond motifs is 2. The molecule has 0 aliphatic rings. The molecule has 6 aromatic carbocycles. The summed E-state index contributed by atoms with van der Waals surface area (Å²) >= 11 is 0. The number of ether oxygens (including phenoxy) is 1. The summed E-state index contributed by atoms with van der Waals surface area (Å²) in [5, 5.41) is 5.01. The smallest absolute Gasteiger partial charge is 0.120 e. The van der Waals surface area contributed by atoms with Crippen LogP contribution in [0.15, 0.2) is 115 Å². The predicted molar refractivity (Wildman–Crippen MR) is 187 cm³/mol. The minimum Gasteiger partial charge on any atom is -0.488 e. The lowest BCUT2D eigenvalue weighted by atomic mass is 9.83. The molecule has 0 aliphatic carbocycles. The Morgan fingerprint density at radius 2 is 0.930 bits per heavy atom. The third-order valence-electron chi connectivity index (χ3n) is 7.98. The Morgan fingerprint density at radius 1 is 0.465 bits per heavy atom. The molecule has 6 rings (SSSR count). The average Bonchev–Trinajstić information content (AvgIpc) is 2.99. The van der Waals surface area contributed by atoms with Gasteiger partial charge in [0.25, 0.3) is 0 Å². The largest absolute Gasteiger partial charge is 0.488 e. The van der Waals surface area contributed by atoms with Crippen molar-refractivity contribution in [3.63, 3.8) is 0 Å². The van der Waals surface area contributed by atoms with Gasteiger partial charge in [0, 0.05) is 39.6 Å². The molecule has 0 aliphatic heterocycles.